The Morgan fingerprint density at radius 2 is 2.00 bits per heavy atom. The average molecular weight is 307 g/mol. The molecule has 5 nitrogen and oxygen atoms in total. The van der Waals surface area contributed by atoms with E-state index in [0.29, 0.717) is 24.1 Å². The predicted molar refractivity (Wildman–Crippen MR) is 80.3 cm³/mol. The van der Waals surface area contributed by atoms with Crippen molar-refractivity contribution in [2.24, 2.45) is 23.7 Å². The molecule has 21 heavy (non-hydrogen) atoms. The summed E-state index contributed by atoms with van der Waals surface area (Å²) in [6, 6.07) is 3.67. The molecule has 0 aromatic carbocycles. The summed E-state index contributed by atoms with van der Waals surface area (Å²) in [5, 5.41) is 3.20. The van der Waals surface area contributed by atoms with Crippen LogP contribution in [0.4, 0.5) is 5.69 Å². The summed E-state index contributed by atoms with van der Waals surface area (Å²) in [5.41, 5.74) is 0.585. The molecule has 3 fully saturated rings. The van der Waals surface area contributed by atoms with Crippen molar-refractivity contribution in [1.29, 1.82) is 0 Å². The first kappa shape index (κ1) is 13.5. The zero-order valence-electron chi connectivity index (χ0n) is 12.1. The minimum absolute atomic E-state index is 0.129. The lowest BCUT2D eigenvalue weighted by Gasteiger charge is -2.13. The zero-order chi connectivity index (χ0) is 14.6. The summed E-state index contributed by atoms with van der Waals surface area (Å²) in [6.07, 6.45) is 5.43. The van der Waals surface area contributed by atoms with Gasteiger partial charge in [0.05, 0.1) is 5.69 Å². The van der Waals surface area contributed by atoms with E-state index in [2.05, 4.69) is 15.0 Å². The van der Waals surface area contributed by atoms with Gasteiger partial charge in [0.2, 0.25) is 0 Å². The van der Waals surface area contributed by atoms with Crippen molar-refractivity contribution in [3.05, 3.63) is 18.3 Å². The summed E-state index contributed by atoms with van der Waals surface area (Å²) >= 11 is 0. The fraction of sp³-hybridized carbons (Fsp3) is 0.667. The van der Waals surface area contributed by atoms with Crippen LogP contribution in [0.2, 0.25) is 0 Å². The highest BCUT2D eigenvalue weighted by Crippen LogP contribution is 2.65. The van der Waals surface area contributed by atoms with E-state index in [1.54, 1.807) is 12.1 Å². The third kappa shape index (κ3) is 2.07. The van der Waals surface area contributed by atoms with E-state index in [1.807, 2.05) is 6.92 Å². The Kier molecular flexibility index (Phi) is 3.01. The first-order valence-corrected chi connectivity index (χ1v) is 9.31. The predicted octanol–water partition coefficient (Wildman–Crippen LogP) is 1.84. The minimum atomic E-state index is -3.53. The second-order valence-corrected chi connectivity index (χ2v) is 8.15. The monoisotopic (exact) mass is 307 g/mol. The van der Waals surface area contributed by atoms with Gasteiger partial charge in [-0.25, -0.2) is 18.1 Å². The number of nitrogens with zero attached hydrogens (tertiary/aromatic N) is 1. The Morgan fingerprint density at radius 1 is 1.29 bits per heavy atom. The van der Waals surface area contributed by atoms with Gasteiger partial charge < -0.3 is 5.32 Å². The molecule has 0 radical (unpaired) electrons. The lowest BCUT2D eigenvalue weighted by molar-refractivity contribution is 0.456. The Balaban J connectivity index is 1.55. The molecule has 3 saturated carbocycles. The van der Waals surface area contributed by atoms with Gasteiger partial charge in [0.25, 0.3) is 10.0 Å². The molecule has 0 amide bonds. The Hall–Kier alpha value is -1.14. The van der Waals surface area contributed by atoms with Crippen LogP contribution in [0.5, 0.6) is 0 Å². The Morgan fingerprint density at radius 3 is 2.67 bits per heavy atom. The molecule has 114 valence electrons. The Labute approximate surface area is 125 Å². The van der Waals surface area contributed by atoms with E-state index in [9.17, 15) is 8.42 Å². The quantitative estimate of drug-likeness (QED) is 0.871. The van der Waals surface area contributed by atoms with Gasteiger partial charge in [0.1, 0.15) is 0 Å². The smallest absolute Gasteiger partial charge is 0.260 e. The third-order valence-electron chi connectivity index (χ3n) is 5.42. The van der Waals surface area contributed by atoms with E-state index < -0.39 is 10.0 Å². The van der Waals surface area contributed by atoms with Crippen molar-refractivity contribution in [3.8, 4) is 0 Å². The maximum absolute atomic E-state index is 12.6. The van der Waals surface area contributed by atoms with Crippen LogP contribution >= 0.6 is 0 Å². The summed E-state index contributed by atoms with van der Waals surface area (Å²) in [6.45, 7) is 2.62. The number of sulfonamides is 1. The van der Waals surface area contributed by atoms with Crippen molar-refractivity contribution in [2.75, 3.05) is 11.9 Å². The highest BCUT2D eigenvalue weighted by atomic mass is 32.2. The maximum Gasteiger partial charge on any atom is 0.260 e. The van der Waals surface area contributed by atoms with E-state index in [1.165, 1.54) is 25.5 Å². The van der Waals surface area contributed by atoms with Crippen molar-refractivity contribution in [3.63, 3.8) is 0 Å². The van der Waals surface area contributed by atoms with E-state index in [-0.39, 0.29) is 11.1 Å². The molecule has 0 saturated heterocycles. The maximum atomic E-state index is 12.6. The van der Waals surface area contributed by atoms with Crippen LogP contribution in [0.25, 0.3) is 0 Å². The summed E-state index contributed by atoms with van der Waals surface area (Å²) in [5.74, 6) is 2.68. The van der Waals surface area contributed by atoms with E-state index >= 15 is 0 Å². The molecular formula is C15H21N3O2S. The molecule has 0 aliphatic heterocycles. The van der Waals surface area contributed by atoms with Crippen LogP contribution < -0.4 is 10.0 Å². The number of rotatable bonds is 5. The summed E-state index contributed by atoms with van der Waals surface area (Å²) < 4.78 is 28.2. The standard InChI is InChI=1S/C15H21N3O2S/c1-2-16-11-4-3-7-17-15(11)21(19,20)18-14-12-9-5-6-10(8-9)13(12)14/h3-4,7,9-10,12-14,16,18H,2,5-6,8H2,1H3. The van der Waals surface area contributed by atoms with E-state index in [4.69, 9.17) is 0 Å². The SMILES string of the molecule is CCNc1cccnc1S(=O)(=O)NC1C2C3CCC(C3)C12. The number of nitrogens with one attached hydrogen (secondary N) is 2. The van der Waals surface area contributed by atoms with Gasteiger partial charge in [-0.15, -0.1) is 0 Å². The van der Waals surface area contributed by atoms with Gasteiger partial charge in [-0.1, -0.05) is 0 Å². The van der Waals surface area contributed by atoms with Crippen LogP contribution in [-0.4, -0.2) is 26.0 Å². The lowest BCUT2D eigenvalue weighted by atomic mass is 10.0. The molecule has 0 spiro atoms. The number of pyridine rings is 1. The molecule has 1 heterocycles. The fourth-order valence-electron chi connectivity index (χ4n) is 4.65. The van der Waals surface area contributed by atoms with Crippen molar-refractivity contribution in [2.45, 2.75) is 37.3 Å². The number of aromatic nitrogens is 1. The third-order valence-corrected chi connectivity index (χ3v) is 6.84. The van der Waals surface area contributed by atoms with Gasteiger partial charge in [0.15, 0.2) is 5.03 Å². The molecule has 1 aromatic heterocycles. The van der Waals surface area contributed by atoms with E-state index in [0.717, 1.165) is 11.8 Å². The molecule has 2 bridgehead atoms. The second-order valence-electron chi connectivity index (χ2n) is 6.52. The van der Waals surface area contributed by atoms with Crippen LogP contribution in [0.1, 0.15) is 26.2 Å². The Bertz CT molecular complexity index is 645. The van der Waals surface area contributed by atoms with Gasteiger partial charge in [-0.3, -0.25) is 0 Å². The second kappa shape index (κ2) is 4.68. The van der Waals surface area contributed by atoms with Gasteiger partial charge in [-0.2, -0.15) is 0 Å². The number of anilines is 1. The summed E-state index contributed by atoms with van der Waals surface area (Å²) in [4.78, 5) is 4.08. The highest BCUT2D eigenvalue weighted by Gasteiger charge is 2.65. The molecule has 4 atom stereocenters. The molecular weight excluding hydrogens is 286 g/mol. The largest absolute Gasteiger partial charge is 0.383 e. The van der Waals surface area contributed by atoms with Crippen molar-refractivity contribution >= 4 is 15.7 Å². The van der Waals surface area contributed by atoms with Crippen LogP contribution in [0.15, 0.2) is 23.4 Å². The first-order valence-electron chi connectivity index (χ1n) is 7.83. The molecule has 1 aromatic rings. The van der Waals surface area contributed by atoms with Crippen LogP contribution in [-0.2, 0) is 10.0 Å². The number of hydrogen-bond donors (Lipinski definition) is 2. The molecule has 4 rings (SSSR count). The number of fused-ring (bicyclic) bond motifs is 5. The van der Waals surface area contributed by atoms with Crippen LogP contribution in [0.3, 0.4) is 0 Å². The van der Waals surface area contributed by atoms with Gasteiger partial charge in [-0.05, 0) is 62.0 Å². The first-order chi connectivity index (χ1) is 10.1. The summed E-state index contributed by atoms with van der Waals surface area (Å²) in [7, 11) is -3.53. The average Bonchev–Trinajstić information content (AvgIpc) is 2.85. The molecule has 3 aliphatic carbocycles. The molecule has 4 unspecified atom stereocenters. The lowest BCUT2D eigenvalue weighted by Crippen LogP contribution is -2.31. The highest BCUT2D eigenvalue weighted by molar-refractivity contribution is 7.89. The van der Waals surface area contributed by atoms with Crippen molar-refractivity contribution < 1.29 is 8.42 Å². The molecule has 2 N–H and O–H groups in total. The van der Waals surface area contributed by atoms with Crippen LogP contribution in [0, 0.1) is 23.7 Å². The number of hydrogen-bond acceptors (Lipinski definition) is 4. The topological polar surface area (TPSA) is 71.1 Å². The van der Waals surface area contributed by atoms with Crippen molar-refractivity contribution in [1.82, 2.24) is 9.71 Å². The molecule has 6 heteroatoms. The minimum Gasteiger partial charge on any atom is -0.383 e. The normalized spacial score (nSPS) is 36.5. The van der Waals surface area contributed by atoms with Gasteiger partial charge in [0, 0.05) is 18.8 Å². The zero-order valence-corrected chi connectivity index (χ0v) is 12.9. The fourth-order valence-corrected chi connectivity index (χ4v) is 6.06. The van der Waals surface area contributed by atoms with Gasteiger partial charge >= 0.3 is 0 Å². The molecule has 3 aliphatic rings.